The summed E-state index contributed by atoms with van der Waals surface area (Å²) in [6.07, 6.45) is 0.0938. The van der Waals surface area contributed by atoms with Crippen molar-refractivity contribution in [1.29, 1.82) is 0 Å². The van der Waals surface area contributed by atoms with Gasteiger partial charge in [0, 0.05) is 6.54 Å². The van der Waals surface area contributed by atoms with Crippen LogP contribution in [0.15, 0.2) is 40.8 Å². The Morgan fingerprint density at radius 1 is 1.25 bits per heavy atom. The second-order valence-electron chi connectivity index (χ2n) is 5.97. The highest BCUT2D eigenvalue weighted by Crippen LogP contribution is 2.29. The fraction of sp³-hybridized carbons (Fsp3) is 0.353. The third kappa shape index (κ3) is 3.67. The lowest BCUT2D eigenvalue weighted by Gasteiger charge is -2.34. The molecule has 0 radical (unpaired) electrons. The molecule has 1 atom stereocenters. The van der Waals surface area contributed by atoms with E-state index in [4.69, 9.17) is 4.42 Å². The van der Waals surface area contributed by atoms with Crippen LogP contribution in [0.2, 0.25) is 0 Å². The van der Waals surface area contributed by atoms with Crippen molar-refractivity contribution in [3.05, 3.63) is 59.3 Å². The fourth-order valence-corrected chi connectivity index (χ4v) is 4.32. The monoisotopic (exact) mass is 351 g/mol. The van der Waals surface area contributed by atoms with Crippen molar-refractivity contribution in [1.82, 2.24) is 4.90 Å². The Morgan fingerprint density at radius 2 is 1.96 bits per heavy atom. The van der Waals surface area contributed by atoms with Gasteiger partial charge in [-0.25, -0.2) is 12.8 Å². The Balaban J connectivity index is 1.83. The Hall–Kier alpha value is -2.15. The molecule has 1 aromatic carbocycles. The summed E-state index contributed by atoms with van der Waals surface area (Å²) in [5.74, 6) is 0.380. The van der Waals surface area contributed by atoms with Crippen molar-refractivity contribution in [3.8, 4) is 0 Å². The fourth-order valence-electron chi connectivity index (χ4n) is 2.85. The molecule has 1 aromatic heterocycles. The third-order valence-electron chi connectivity index (χ3n) is 4.11. The highest BCUT2D eigenvalue weighted by atomic mass is 32.2. The first kappa shape index (κ1) is 16.7. The van der Waals surface area contributed by atoms with E-state index in [1.54, 1.807) is 36.1 Å². The van der Waals surface area contributed by atoms with Crippen molar-refractivity contribution in [2.24, 2.45) is 0 Å². The van der Waals surface area contributed by atoms with Gasteiger partial charge in [0.15, 0.2) is 9.84 Å². The number of halogens is 1. The van der Waals surface area contributed by atoms with Gasteiger partial charge in [-0.2, -0.15) is 0 Å². The van der Waals surface area contributed by atoms with Crippen LogP contribution >= 0.6 is 0 Å². The Bertz CT molecular complexity index is 842. The first-order valence-electron chi connectivity index (χ1n) is 7.65. The number of carbonyl (C=O) groups is 1. The van der Waals surface area contributed by atoms with Gasteiger partial charge in [-0.15, -0.1) is 0 Å². The summed E-state index contributed by atoms with van der Waals surface area (Å²) in [7, 11) is -3.22. The largest absolute Gasteiger partial charge is 0.464 e. The van der Waals surface area contributed by atoms with Crippen molar-refractivity contribution < 1.29 is 22.0 Å². The van der Waals surface area contributed by atoms with Crippen LogP contribution in [-0.2, 0) is 21.1 Å². The molecule has 7 heteroatoms. The SMILES string of the molecule is Cc1ccc([C@@H]2CS(=O)(=O)CCN2C(=O)Cc2ccc(F)cc2)o1. The smallest absolute Gasteiger partial charge is 0.227 e. The summed E-state index contributed by atoms with van der Waals surface area (Å²) >= 11 is 0. The molecule has 5 nitrogen and oxygen atoms in total. The lowest BCUT2D eigenvalue weighted by Crippen LogP contribution is -2.46. The lowest BCUT2D eigenvalue weighted by molar-refractivity contribution is -0.132. The lowest BCUT2D eigenvalue weighted by atomic mass is 10.1. The Labute approximate surface area is 140 Å². The minimum atomic E-state index is -3.22. The molecular formula is C17H18FNO4S. The third-order valence-corrected chi connectivity index (χ3v) is 5.74. The molecule has 0 spiro atoms. The average molecular weight is 351 g/mol. The maximum atomic E-state index is 13.0. The highest BCUT2D eigenvalue weighted by molar-refractivity contribution is 7.91. The molecule has 2 heterocycles. The van der Waals surface area contributed by atoms with Crippen molar-refractivity contribution in [3.63, 3.8) is 0 Å². The van der Waals surface area contributed by atoms with Gasteiger partial charge < -0.3 is 9.32 Å². The van der Waals surface area contributed by atoms with E-state index in [1.807, 2.05) is 0 Å². The zero-order chi connectivity index (χ0) is 17.3. The molecule has 0 bridgehead atoms. The molecular weight excluding hydrogens is 333 g/mol. The average Bonchev–Trinajstić information content (AvgIpc) is 2.95. The highest BCUT2D eigenvalue weighted by Gasteiger charge is 2.36. The molecule has 0 aliphatic carbocycles. The van der Waals surface area contributed by atoms with Gasteiger partial charge in [-0.1, -0.05) is 12.1 Å². The molecule has 24 heavy (non-hydrogen) atoms. The topological polar surface area (TPSA) is 67.6 Å². The van der Waals surface area contributed by atoms with Crippen LogP contribution in [0.25, 0.3) is 0 Å². The number of carbonyl (C=O) groups excluding carboxylic acids is 1. The number of benzene rings is 1. The zero-order valence-corrected chi connectivity index (χ0v) is 14.1. The van der Waals surface area contributed by atoms with Crippen LogP contribution in [0, 0.1) is 12.7 Å². The molecule has 128 valence electrons. The Kier molecular flexibility index (Phi) is 4.45. The predicted octanol–water partition coefficient (Wildman–Crippen LogP) is 2.27. The van der Waals surface area contributed by atoms with Crippen molar-refractivity contribution in [2.75, 3.05) is 18.1 Å². The maximum absolute atomic E-state index is 13.0. The minimum absolute atomic E-state index is 0.0572. The molecule has 0 saturated carbocycles. The number of amides is 1. The summed E-state index contributed by atoms with van der Waals surface area (Å²) in [6, 6.07) is 8.55. The van der Waals surface area contributed by atoms with E-state index in [1.165, 1.54) is 12.1 Å². The second-order valence-corrected chi connectivity index (χ2v) is 8.20. The number of nitrogens with zero attached hydrogens (tertiary/aromatic N) is 1. The number of sulfone groups is 1. The summed E-state index contributed by atoms with van der Waals surface area (Å²) < 4.78 is 42.5. The van der Waals surface area contributed by atoms with Gasteiger partial charge in [0.2, 0.25) is 5.91 Å². The van der Waals surface area contributed by atoms with Gasteiger partial charge in [-0.05, 0) is 36.8 Å². The predicted molar refractivity (Wildman–Crippen MR) is 86.7 cm³/mol. The number of aryl methyl sites for hydroxylation is 1. The van der Waals surface area contributed by atoms with Gasteiger partial charge >= 0.3 is 0 Å². The Morgan fingerprint density at radius 3 is 2.58 bits per heavy atom. The van der Waals surface area contributed by atoms with E-state index in [0.29, 0.717) is 17.1 Å². The van der Waals surface area contributed by atoms with E-state index in [-0.39, 0.29) is 36.2 Å². The first-order chi connectivity index (χ1) is 11.3. The molecule has 2 aromatic rings. The van der Waals surface area contributed by atoms with Gasteiger partial charge in [0.05, 0.1) is 17.9 Å². The normalized spacial score (nSPS) is 20.1. The molecule has 1 aliphatic heterocycles. The van der Waals surface area contributed by atoms with E-state index in [2.05, 4.69) is 0 Å². The summed E-state index contributed by atoms with van der Waals surface area (Å²) in [5.41, 5.74) is 0.684. The molecule has 1 amide bonds. The second kappa shape index (κ2) is 6.39. The number of hydrogen-bond acceptors (Lipinski definition) is 4. The van der Waals surface area contributed by atoms with Crippen molar-refractivity contribution >= 4 is 15.7 Å². The van der Waals surface area contributed by atoms with Crippen LogP contribution in [0.4, 0.5) is 4.39 Å². The molecule has 0 unspecified atom stereocenters. The zero-order valence-electron chi connectivity index (χ0n) is 13.2. The van der Waals surface area contributed by atoms with Crippen LogP contribution in [0.1, 0.15) is 23.1 Å². The molecule has 1 fully saturated rings. The number of furan rings is 1. The summed E-state index contributed by atoms with van der Waals surface area (Å²) in [5, 5.41) is 0. The minimum Gasteiger partial charge on any atom is -0.464 e. The molecule has 1 saturated heterocycles. The quantitative estimate of drug-likeness (QED) is 0.851. The van der Waals surface area contributed by atoms with E-state index in [9.17, 15) is 17.6 Å². The van der Waals surface area contributed by atoms with E-state index in [0.717, 1.165) is 0 Å². The summed E-state index contributed by atoms with van der Waals surface area (Å²) in [4.78, 5) is 14.2. The van der Waals surface area contributed by atoms with Gasteiger partial charge in [0.1, 0.15) is 23.4 Å². The van der Waals surface area contributed by atoms with Gasteiger partial charge in [0.25, 0.3) is 0 Å². The van der Waals surface area contributed by atoms with Crippen LogP contribution in [0.3, 0.4) is 0 Å². The maximum Gasteiger partial charge on any atom is 0.227 e. The summed E-state index contributed by atoms with van der Waals surface area (Å²) in [6.45, 7) is 1.90. The van der Waals surface area contributed by atoms with Crippen LogP contribution in [-0.4, -0.2) is 37.3 Å². The van der Waals surface area contributed by atoms with Crippen molar-refractivity contribution in [2.45, 2.75) is 19.4 Å². The van der Waals surface area contributed by atoms with E-state index >= 15 is 0 Å². The standard InChI is InChI=1S/C17H18FNO4S/c1-12-2-7-16(23-12)15-11-24(21,22)9-8-19(15)17(20)10-13-3-5-14(18)6-4-13/h2-7,15H,8-11H2,1H3/t15-/m0/s1. The van der Waals surface area contributed by atoms with E-state index < -0.39 is 15.9 Å². The number of rotatable bonds is 3. The van der Waals surface area contributed by atoms with Crippen LogP contribution < -0.4 is 0 Å². The van der Waals surface area contributed by atoms with Gasteiger partial charge in [-0.3, -0.25) is 4.79 Å². The molecule has 0 N–H and O–H groups in total. The number of hydrogen-bond donors (Lipinski definition) is 0. The first-order valence-corrected chi connectivity index (χ1v) is 9.47. The molecule has 3 rings (SSSR count). The molecule has 1 aliphatic rings. The van der Waals surface area contributed by atoms with Crippen LogP contribution in [0.5, 0.6) is 0 Å².